The summed E-state index contributed by atoms with van der Waals surface area (Å²) in [5, 5.41) is 3.11. The molecule has 0 saturated carbocycles. The van der Waals surface area contributed by atoms with E-state index in [-0.39, 0.29) is 5.91 Å². The molecule has 0 spiro atoms. The number of amides is 1. The number of carbonyl (C=O) groups excluding carboxylic acids is 2. The number of aldehydes is 1. The quantitative estimate of drug-likeness (QED) is 0.879. The van der Waals surface area contributed by atoms with Gasteiger partial charge in [0.1, 0.15) is 0 Å². The van der Waals surface area contributed by atoms with Crippen LogP contribution in [0.2, 0.25) is 5.02 Å². The number of hydrogen-bond donors (Lipinski definition) is 1. The monoisotopic (exact) mass is 302 g/mol. The zero-order valence-corrected chi connectivity index (χ0v) is 12.8. The summed E-state index contributed by atoms with van der Waals surface area (Å²) in [4.78, 5) is 27.4. The van der Waals surface area contributed by atoms with Crippen molar-refractivity contribution < 1.29 is 9.59 Å². The van der Waals surface area contributed by atoms with Crippen molar-refractivity contribution in [2.24, 2.45) is 0 Å². The van der Waals surface area contributed by atoms with Crippen molar-refractivity contribution in [3.8, 4) is 0 Å². The molecule has 1 N–H and O–H groups in total. The molecule has 0 aliphatic heterocycles. The zero-order valence-electron chi connectivity index (χ0n) is 12.0. The maximum absolute atomic E-state index is 12.4. The summed E-state index contributed by atoms with van der Waals surface area (Å²) in [6.45, 7) is 5.42. The summed E-state index contributed by atoms with van der Waals surface area (Å²) < 4.78 is 0. The Morgan fingerprint density at radius 2 is 1.95 bits per heavy atom. The maximum atomic E-state index is 12.4. The van der Waals surface area contributed by atoms with E-state index in [4.69, 9.17) is 11.6 Å². The summed E-state index contributed by atoms with van der Waals surface area (Å²) in [5.41, 5.74) is 3.77. The molecule has 0 atom stereocenters. The molecule has 0 aliphatic rings. The second kappa shape index (κ2) is 6.06. The van der Waals surface area contributed by atoms with Crippen molar-refractivity contribution in [2.75, 3.05) is 5.32 Å². The molecule has 0 bridgehead atoms. The SMILES string of the molecule is Cc1cc(NC(=O)c2c(C)ccnc2C)cc(Cl)c1C=O. The van der Waals surface area contributed by atoms with Gasteiger partial charge in [0.25, 0.3) is 5.91 Å². The van der Waals surface area contributed by atoms with Gasteiger partial charge < -0.3 is 5.32 Å². The van der Waals surface area contributed by atoms with Gasteiger partial charge in [0.2, 0.25) is 0 Å². The number of halogens is 1. The van der Waals surface area contributed by atoms with Crippen LogP contribution in [-0.2, 0) is 0 Å². The van der Waals surface area contributed by atoms with E-state index < -0.39 is 0 Å². The highest BCUT2D eigenvalue weighted by molar-refractivity contribution is 6.33. The van der Waals surface area contributed by atoms with Crippen LogP contribution in [0.4, 0.5) is 5.69 Å². The average molecular weight is 303 g/mol. The minimum Gasteiger partial charge on any atom is -0.322 e. The first-order chi connectivity index (χ1) is 9.93. The molecule has 1 amide bonds. The number of benzene rings is 1. The number of nitrogens with one attached hydrogen (secondary N) is 1. The van der Waals surface area contributed by atoms with E-state index in [0.29, 0.717) is 39.4 Å². The van der Waals surface area contributed by atoms with Gasteiger partial charge in [-0.1, -0.05) is 11.6 Å². The Morgan fingerprint density at radius 1 is 1.24 bits per heavy atom. The lowest BCUT2D eigenvalue weighted by atomic mass is 10.1. The minimum atomic E-state index is -0.243. The van der Waals surface area contributed by atoms with Gasteiger partial charge in [0.15, 0.2) is 6.29 Å². The minimum absolute atomic E-state index is 0.243. The van der Waals surface area contributed by atoms with Crippen LogP contribution in [0, 0.1) is 20.8 Å². The predicted molar refractivity (Wildman–Crippen MR) is 83.2 cm³/mol. The smallest absolute Gasteiger partial charge is 0.257 e. The van der Waals surface area contributed by atoms with Gasteiger partial charge in [-0.15, -0.1) is 0 Å². The Kier molecular flexibility index (Phi) is 4.38. The fourth-order valence-corrected chi connectivity index (χ4v) is 2.52. The van der Waals surface area contributed by atoms with Crippen molar-refractivity contribution in [2.45, 2.75) is 20.8 Å². The fourth-order valence-electron chi connectivity index (χ4n) is 2.21. The highest BCUT2D eigenvalue weighted by Gasteiger charge is 2.14. The number of aryl methyl sites for hydroxylation is 3. The standard InChI is InChI=1S/C16H15ClN2O2/c1-9-4-5-18-11(3)15(9)16(21)19-12-6-10(2)13(8-20)14(17)7-12/h4-8H,1-3H3,(H,19,21). The topological polar surface area (TPSA) is 59.1 Å². The molecule has 1 heterocycles. The first-order valence-electron chi connectivity index (χ1n) is 6.43. The van der Waals surface area contributed by atoms with E-state index in [1.54, 1.807) is 38.2 Å². The molecule has 0 unspecified atom stereocenters. The normalized spacial score (nSPS) is 10.3. The van der Waals surface area contributed by atoms with Crippen LogP contribution >= 0.6 is 11.6 Å². The number of nitrogens with zero attached hydrogens (tertiary/aromatic N) is 1. The first kappa shape index (κ1) is 15.2. The molecule has 2 rings (SSSR count). The molecule has 4 nitrogen and oxygen atoms in total. The number of anilines is 1. The predicted octanol–water partition coefficient (Wildman–Crippen LogP) is 3.73. The number of rotatable bonds is 3. The van der Waals surface area contributed by atoms with Gasteiger partial charge in [-0.25, -0.2) is 0 Å². The molecule has 0 aliphatic carbocycles. The average Bonchev–Trinajstić information content (AvgIpc) is 2.38. The van der Waals surface area contributed by atoms with E-state index in [1.165, 1.54) is 0 Å². The van der Waals surface area contributed by atoms with Gasteiger partial charge in [-0.3, -0.25) is 14.6 Å². The van der Waals surface area contributed by atoms with E-state index >= 15 is 0 Å². The molecular formula is C16H15ClN2O2. The largest absolute Gasteiger partial charge is 0.322 e. The van der Waals surface area contributed by atoms with Crippen LogP contribution in [0.15, 0.2) is 24.4 Å². The Hall–Kier alpha value is -2.20. The fraction of sp³-hybridized carbons (Fsp3) is 0.188. The van der Waals surface area contributed by atoms with Crippen molar-refractivity contribution in [3.05, 3.63) is 57.4 Å². The summed E-state index contributed by atoms with van der Waals surface area (Å²) in [7, 11) is 0. The van der Waals surface area contributed by atoms with Crippen LogP contribution < -0.4 is 5.32 Å². The van der Waals surface area contributed by atoms with Crippen LogP contribution in [-0.4, -0.2) is 17.2 Å². The van der Waals surface area contributed by atoms with Crippen molar-refractivity contribution >= 4 is 29.5 Å². The second-order valence-electron chi connectivity index (χ2n) is 4.85. The highest BCUT2D eigenvalue weighted by atomic mass is 35.5. The molecule has 2 aromatic rings. The molecule has 0 fully saturated rings. The first-order valence-corrected chi connectivity index (χ1v) is 6.80. The zero-order chi connectivity index (χ0) is 15.6. The number of pyridine rings is 1. The lowest BCUT2D eigenvalue weighted by Gasteiger charge is -2.11. The molecule has 0 radical (unpaired) electrons. The Labute approximate surface area is 128 Å². The molecule has 108 valence electrons. The second-order valence-corrected chi connectivity index (χ2v) is 5.26. The molecule has 1 aromatic heterocycles. The van der Waals surface area contributed by atoms with Crippen LogP contribution in [0.3, 0.4) is 0 Å². The Balaban J connectivity index is 2.34. The summed E-state index contributed by atoms with van der Waals surface area (Å²) in [6.07, 6.45) is 2.38. The van der Waals surface area contributed by atoms with Gasteiger partial charge in [0.05, 0.1) is 16.3 Å². The van der Waals surface area contributed by atoms with Crippen molar-refractivity contribution in [3.63, 3.8) is 0 Å². The number of hydrogen-bond acceptors (Lipinski definition) is 3. The molecule has 1 aromatic carbocycles. The summed E-state index contributed by atoms with van der Waals surface area (Å²) in [6, 6.07) is 5.07. The lowest BCUT2D eigenvalue weighted by Crippen LogP contribution is -2.16. The van der Waals surface area contributed by atoms with Gasteiger partial charge in [0, 0.05) is 17.4 Å². The van der Waals surface area contributed by atoms with E-state index in [2.05, 4.69) is 10.3 Å². The molecule has 5 heteroatoms. The third-order valence-electron chi connectivity index (χ3n) is 3.29. The van der Waals surface area contributed by atoms with Gasteiger partial charge in [-0.2, -0.15) is 0 Å². The van der Waals surface area contributed by atoms with Crippen LogP contribution in [0.1, 0.15) is 37.5 Å². The van der Waals surface area contributed by atoms with E-state index in [0.717, 1.165) is 5.56 Å². The van der Waals surface area contributed by atoms with Crippen LogP contribution in [0.5, 0.6) is 0 Å². The summed E-state index contributed by atoms with van der Waals surface area (Å²) in [5.74, 6) is -0.243. The van der Waals surface area contributed by atoms with Crippen molar-refractivity contribution in [1.82, 2.24) is 4.98 Å². The number of carbonyl (C=O) groups is 2. The van der Waals surface area contributed by atoms with Crippen LogP contribution in [0.25, 0.3) is 0 Å². The molecule has 21 heavy (non-hydrogen) atoms. The Morgan fingerprint density at radius 3 is 2.52 bits per heavy atom. The lowest BCUT2D eigenvalue weighted by molar-refractivity contribution is 0.102. The highest BCUT2D eigenvalue weighted by Crippen LogP contribution is 2.24. The maximum Gasteiger partial charge on any atom is 0.257 e. The Bertz CT molecular complexity index is 683. The van der Waals surface area contributed by atoms with E-state index in [1.807, 2.05) is 6.92 Å². The third kappa shape index (κ3) is 3.11. The molecular weight excluding hydrogens is 288 g/mol. The summed E-state index contributed by atoms with van der Waals surface area (Å²) >= 11 is 6.03. The number of aromatic nitrogens is 1. The van der Waals surface area contributed by atoms with Crippen molar-refractivity contribution in [1.29, 1.82) is 0 Å². The molecule has 0 saturated heterocycles. The third-order valence-corrected chi connectivity index (χ3v) is 3.60. The van der Waals surface area contributed by atoms with Gasteiger partial charge in [-0.05, 0) is 50.1 Å². The van der Waals surface area contributed by atoms with Gasteiger partial charge >= 0.3 is 0 Å². The van der Waals surface area contributed by atoms with E-state index in [9.17, 15) is 9.59 Å².